The molecule has 0 bridgehead atoms. The number of piperidine rings is 1. The molecule has 1 N–H and O–H groups in total. The summed E-state index contributed by atoms with van der Waals surface area (Å²) in [5.74, 6) is 0.867. The Hall–Kier alpha value is -1.28. The van der Waals surface area contributed by atoms with Crippen LogP contribution >= 0.6 is 11.3 Å². The highest BCUT2D eigenvalue weighted by atomic mass is 32.1. The number of nitrogens with zero attached hydrogens (tertiary/aromatic N) is 3. The van der Waals surface area contributed by atoms with Crippen molar-refractivity contribution in [2.45, 2.75) is 19.3 Å². The van der Waals surface area contributed by atoms with E-state index in [-0.39, 0.29) is 0 Å². The highest BCUT2D eigenvalue weighted by molar-refractivity contribution is 7.16. The Balaban J connectivity index is 2.25. The lowest BCUT2D eigenvalue weighted by molar-refractivity contribution is 0.574. The summed E-state index contributed by atoms with van der Waals surface area (Å²) in [6.07, 6.45) is 3.70. The van der Waals surface area contributed by atoms with Crippen LogP contribution in [0.15, 0.2) is 0 Å². The Kier molecular flexibility index (Phi) is 3.07. The maximum Gasteiger partial charge on any atom is 0.185 e. The number of anilines is 2. The second kappa shape index (κ2) is 4.49. The van der Waals surface area contributed by atoms with Crippen LogP contribution in [-0.2, 0) is 0 Å². The first-order valence-corrected chi connectivity index (χ1v) is 6.00. The third kappa shape index (κ3) is 2.05. The molecule has 80 valence electrons. The molecule has 1 aromatic heterocycles. The van der Waals surface area contributed by atoms with Gasteiger partial charge in [0, 0.05) is 20.1 Å². The minimum atomic E-state index is 0.723. The van der Waals surface area contributed by atoms with Gasteiger partial charge in [-0.05, 0) is 19.3 Å². The number of hydrogen-bond donors (Lipinski definition) is 1. The lowest BCUT2D eigenvalue weighted by Crippen LogP contribution is -2.30. The van der Waals surface area contributed by atoms with Gasteiger partial charge in [0.05, 0.1) is 0 Å². The van der Waals surface area contributed by atoms with Crippen molar-refractivity contribution < 1.29 is 0 Å². The van der Waals surface area contributed by atoms with E-state index in [0.29, 0.717) is 0 Å². The first-order valence-electron chi connectivity index (χ1n) is 5.19. The van der Waals surface area contributed by atoms with Crippen LogP contribution in [0.4, 0.5) is 10.9 Å². The van der Waals surface area contributed by atoms with Crippen molar-refractivity contribution in [3.8, 4) is 6.07 Å². The average molecular weight is 222 g/mol. The summed E-state index contributed by atoms with van der Waals surface area (Å²) in [4.78, 5) is 7.38. The molecular formula is C10H14N4S. The van der Waals surface area contributed by atoms with Gasteiger partial charge in [-0.3, -0.25) is 0 Å². The van der Waals surface area contributed by atoms with Crippen molar-refractivity contribution in [1.29, 1.82) is 5.26 Å². The smallest absolute Gasteiger partial charge is 0.185 e. The summed E-state index contributed by atoms with van der Waals surface area (Å²) in [5, 5.41) is 12.8. The largest absolute Gasteiger partial charge is 0.364 e. The van der Waals surface area contributed by atoms with Gasteiger partial charge in [-0.15, -0.1) is 0 Å². The Labute approximate surface area is 93.5 Å². The number of nitrogens with one attached hydrogen (secondary N) is 1. The first kappa shape index (κ1) is 10.2. The van der Waals surface area contributed by atoms with Gasteiger partial charge < -0.3 is 10.2 Å². The molecule has 0 aromatic carbocycles. The molecule has 1 saturated heterocycles. The molecule has 0 radical (unpaired) electrons. The summed E-state index contributed by atoms with van der Waals surface area (Å²) in [6.45, 7) is 2.06. The standard InChI is InChI=1S/C10H14N4S/c1-12-10-13-9(8(7-11)15-10)14-5-3-2-4-6-14/h2-6H2,1H3,(H,12,13). The van der Waals surface area contributed by atoms with Gasteiger partial charge in [0.25, 0.3) is 0 Å². The molecule has 0 atom stereocenters. The third-order valence-electron chi connectivity index (χ3n) is 2.58. The fourth-order valence-electron chi connectivity index (χ4n) is 1.81. The van der Waals surface area contributed by atoms with Crippen molar-refractivity contribution in [3.63, 3.8) is 0 Å². The van der Waals surface area contributed by atoms with Gasteiger partial charge in [0.1, 0.15) is 6.07 Å². The molecule has 1 aromatic rings. The molecule has 0 unspecified atom stereocenters. The summed E-state index contributed by atoms with van der Waals surface area (Å²) in [5.41, 5.74) is 0. The van der Waals surface area contributed by atoms with Crippen LogP contribution in [0.3, 0.4) is 0 Å². The van der Waals surface area contributed by atoms with Gasteiger partial charge in [-0.2, -0.15) is 5.26 Å². The monoisotopic (exact) mass is 222 g/mol. The maximum atomic E-state index is 9.02. The van der Waals surface area contributed by atoms with Gasteiger partial charge in [0.15, 0.2) is 15.8 Å². The van der Waals surface area contributed by atoms with Crippen LogP contribution in [0.1, 0.15) is 24.1 Å². The second-order valence-corrected chi connectivity index (χ2v) is 4.58. The van der Waals surface area contributed by atoms with Crippen LogP contribution in [0.2, 0.25) is 0 Å². The van der Waals surface area contributed by atoms with E-state index in [2.05, 4.69) is 21.3 Å². The first-order chi connectivity index (χ1) is 7.35. The van der Waals surface area contributed by atoms with Crippen LogP contribution < -0.4 is 10.2 Å². The molecule has 4 nitrogen and oxygen atoms in total. The number of rotatable bonds is 2. The summed E-state index contributed by atoms with van der Waals surface area (Å²) >= 11 is 1.43. The Morgan fingerprint density at radius 1 is 1.40 bits per heavy atom. The lowest BCUT2D eigenvalue weighted by Gasteiger charge is -2.26. The van der Waals surface area contributed by atoms with Crippen molar-refractivity contribution in [1.82, 2.24) is 4.98 Å². The Morgan fingerprint density at radius 2 is 2.13 bits per heavy atom. The van der Waals surface area contributed by atoms with Crippen LogP contribution in [0.5, 0.6) is 0 Å². The van der Waals surface area contributed by atoms with Crippen LogP contribution in [0, 0.1) is 11.3 Å². The summed E-state index contributed by atoms with van der Waals surface area (Å²) in [7, 11) is 1.83. The molecule has 5 heteroatoms. The molecule has 15 heavy (non-hydrogen) atoms. The third-order valence-corrected chi connectivity index (χ3v) is 3.55. The van der Waals surface area contributed by atoms with Gasteiger partial charge >= 0.3 is 0 Å². The van der Waals surface area contributed by atoms with Crippen molar-refractivity contribution in [2.75, 3.05) is 30.4 Å². The van der Waals surface area contributed by atoms with E-state index in [1.165, 1.54) is 30.6 Å². The van der Waals surface area contributed by atoms with Gasteiger partial charge in [-0.1, -0.05) is 11.3 Å². The van der Waals surface area contributed by atoms with E-state index in [1.54, 1.807) is 0 Å². The van der Waals surface area contributed by atoms with E-state index < -0.39 is 0 Å². The van der Waals surface area contributed by atoms with Crippen molar-refractivity contribution >= 4 is 22.3 Å². The molecule has 0 spiro atoms. The van der Waals surface area contributed by atoms with E-state index >= 15 is 0 Å². The van der Waals surface area contributed by atoms with Gasteiger partial charge in [0.2, 0.25) is 0 Å². The van der Waals surface area contributed by atoms with E-state index in [1.807, 2.05) is 7.05 Å². The van der Waals surface area contributed by atoms with Crippen molar-refractivity contribution in [3.05, 3.63) is 4.88 Å². The second-order valence-electron chi connectivity index (χ2n) is 3.58. The average Bonchev–Trinajstić information content (AvgIpc) is 2.73. The molecular weight excluding hydrogens is 208 g/mol. The molecule has 0 aliphatic carbocycles. The molecule has 2 heterocycles. The molecule has 0 amide bonds. The molecule has 0 saturated carbocycles. The zero-order chi connectivity index (χ0) is 10.7. The Bertz CT molecular complexity index is 373. The molecule has 1 aliphatic rings. The Morgan fingerprint density at radius 3 is 2.73 bits per heavy atom. The fraction of sp³-hybridized carbons (Fsp3) is 0.600. The predicted molar refractivity (Wildman–Crippen MR) is 62.4 cm³/mol. The topological polar surface area (TPSA) is 52.0 Å². The number of aromatic nitrogens is 1. The quantitative estimate of drug-likeness (QED) is 0.832. The summed E-state index contributed by atoms with van der Waals surface area (Å²) < 4.78 is 0. The zero-order valence-electron chi connectivity index (χ0n) is 8.79. The SMILES string of the molecule is CNc1nc(N2CCCCC2)c(C#N)s1. The van der Waals surface area contributed by atoms with Gasteiger partial charge in [-0.25, -0.2) is 4.98 Å². The van der Waals surface area contributed by atoms with E-state index in [0.717, 1.165) is 28.9 Å². The highest BCUT2D eigenvalue weighted by Crippen LogP contribution is 2.30. The molecule has 2 rings (SSSR count). The zero-order valence-corrected chi connectivity index (χ0v) is 9.60. The maximum absolute atomic E-state index is 9.02. The minimum absolute atomic E-state index is 0.723. The van der Waals surface area contributed by atoms with Crippen LogP contribution in [0.25, 0.3) is 0 Å². The van der Waals surface area contributed by atoms with Crippen LogP contribution in [-0.4, -0.2) is 25.1 Å². The highest BCUT2D eigenvalue weighted by Gasteiger charge is 2.18. The normalized spacial score (nSPS) is 16.1. The number of hydrogen-bond acceptors (Lipinski definition) is 5. The lowest BCUT2D eigenvalue weighted by atomic mass is 10.1. The predicted octanol–water partition coefficient (Wildman–Crippen LogP) is 2.05. The fourth-order valence-corrected chi connectivity index (χ4v) is 2.55. The minimum Gasteiger partial charge on any atom is -0.364 e. The van der Waals surface area contributed by atoms with E-state index in [4.69, 9.17) is 5.26 Å². The van der Waals surface area contributed by atoms with Crippen molar-refractivity contribution in [2.24, 2.45) is 0 Å². The molecule has 1 fully saturated rings. The number of thiazole rings is 1. The summed E-state index contributed by atoms with van der Waals surface area (Å²) in [6, 6.07) is 2.22. The molecule has 1 aliphatic heterocycles. The number of nitriles is 1. The van der Waals surface area contributed by atoms with E-state index in [9.17, 15) is 0 Å².